The molecule has 2 rings (SSSR count). The number of rotatable bonds is 6. The van der Waals surface area contributed by atoms with Crippen molar-refractivity contribution in [3.05, 3.63) is 59.7 Å². The first-order chi connectivity index (χ1) is 12.7. The van der Waals surface area contributed by atoms with Crippen molar-refractivity contribution in [2.45, 2.75) is 24.8 Å². The summed E-state index contributed by atoms with van der Waals surface area (Å²) in [5, 5.41) is 0. The zero-order chi connectivity index (χ0) is 20.2. The number of carbonyl (C=O) groups excluding carboxylic acids is 2. The normalized spacial score (nSPS) is 11.5. The quantitative estimate of drug-likeness (QED) is 0.556. The summed E-state index contributed by atoms with van der Waals surface area (Å²) in [7, 11) is -0.959. The maximum Gasteiger partial charge on any atom is 0.343 e. The van der Waals surface area contributed by atoms with E-state index in [9.17, 15) is 18.0 Å². The van der Waals surface area contributed by atoms with Crippen LogP contribution in [-0.4, -0.2) is 44.9 Å². The molecule has 144 valence electrons. The number of hydrogen-bond acceptors (Lipinski definition) is 6. The summed E-state index contributed by atoms with van der Waals surface area (Å²) in [6, 6.07) is 11.3. The van der Waals surface area contributed by atoms with E-state index >= 15 is 0 Å². The Morgan fingerprint density at radius 3 is 2.15 bits per heavy atom. The van der Waals surface area contributed by atoms with E-state index in [4.69, 9.17) is 4.74 Å². The SMILES string of the molecule is COC(=O)c1ccc(OC(=O)c2cccc(S(=O)(=O)N(C)C(C)C)c2)cc1. The second-order valence-corrected chi connectivity index (χ2v) is 8.05. The molecule has 0 unspecified atom stereocenters. The third-order valence-electron chi connectivity index (χ3n) is 3.96. The molecule has 0 spiro atoms. The number of benzene rings is 2. The average Bonchev–Trinajstić information content (AvgIpc) is 2.67. The number of hydrogen-bond donors (Lipinski definition) is 0. The zero-order valence-corrected chi connectivity index (χ0v) is 16.3. The van der Waals surface area contributed by atoms with Crippen molar-refractivity contribution in [3.63, 3.8) is 0 Å². The molecule has 0 radical (unpaired) electrons. The van der Waals surface area contributed by atoms with Crippen LogP contribution in [0.3, 0.4) is 0 Å². The smallest absolute Gasteiger partial charge is 0.343 e. The van der Waals surface area contributed by atoms with Gasteiger partial charge in [-0.15, -0.1) is 0 Å². The second-order valence-electron chi connectivity index (χ2n) is 6.05. The van der Waals surface area contributed by atoms with Gasteiger partial charge in [-0.25, -0.2) is 18.0 Å². The highest BCUT2D eigenvalue weighted by Crippen LogP contribution is 2.20. The Labute approximate surface area is 158 Å². The lowest BCUT2D eigenvalue weighted by atomic mass is 10.2. The largest absolute Gasteiger partial charge is 0.465 e. The van der Waals surface area contributed by atoms with E-state index in [2.05, 4.69) is 4.74 Å². The molecule has 0 amide bonds. The number of nitrogens with zero attached hydrogens (tertiary/aromatic N) is 1. The Balaban J connectivity index is 2.22. The van der Waals surface area contributed by atoms with Gasteiger partial charge in [0.15, 0.2) is 0 Å². The van der Waals surface area contributed by atoms with E-state index in [-0.39, 0.29) is 22.3 Å². The summed E-state index contributed by atoms with van der Waals surface area (Å²) in [6.07, 6.45) is 0. The Bertz CT molecular complexity index is 935. The van der Waals surface area contributed by atoms with Gasteiger partial charge in [-0.2, -0.15) is 4.31 Å². The third kappa shape index (κ3) is 4.72. The Hall–Kier alpha value is -2.71. The van der Waals surface area contributed by atoms with Gasteiger partial charge in [-0.1, -0.05) is 6.07 Å². The van der Waals surface area contributed by atoms with E-state index in [1.807, 2.05) is 0 Å². The molecule has 8 heteroatoms. The van der Waals surface area contributed by atoms with Crippen LogP contribution in [0.25, 0.3) is 0 Å². The van der Waals surface area contributed by atoms with Crippen molar-refractivity contribution >= 4 is 22.0 Å². The van der Waals surface area contributed by atoms with Crippen molar-refractivity contribution in [2.24, 2.45) is 0 Å². The topological polar surface area (TPSA) is 90.0 Å². The van der Waals surface area contributed by atoms with Crippen molar-refractivity contribution in [1.29, 1.82) is 0 Å². The van der Waals surface area contributed by atoms with E-state index in [0.717, 1.165) is 0 Å². The maximum absolute atomic E-state index is 12.6. The van der Waals surface area contributed by atoms with Gasteiger partial charge in [0.2, 0.25) is 10.0 Å². The summed E-state index contributed by atoms with van der Waals surface area (Å²) in [5.41, 5.74) is 0.424. The molecule has 0 aliphatic rings. The van der Waals surface area contributed by atoms with Gasteiger partial charge in [0, 0.05) is 13.1 Å². The molecule has 0 saturated carbocycles. The van der Waals surface area contributed by atoms with Crippen LogP contribution in [0.2, 0.25) is 0 Å². The standard InChI is InChI=1S/C19H21NO6S/c1-13(2)20(3)27(23,24)17-7-5-6-15(12-17)19(22)26-16-10-8-14(9-11-16)18(21)25-4/h5-13H,1-4H3. The summed E-state index contributed by atoms with van der Waals surface area (Å²) in [6.45, 7) is 3.52. The van der Waals surface area contributed by atoms with Crippen molar-refractivity contribution in [3.8, 4) is 5.75 Å². The van der Waals surface area contributed by atoms with Crippen LogP contribution in [0.5, 0.6) is 5.75 Å². The van der Waals surface area contributed by atoms with Gasteiger partial charge in [-0.05, 0) is 56.3 Å². The molecule has 0 heterocycles. The van der Waals surface area contributed by atoms with Crippen LogP contribution in [0.4, 0.5) is 0 Å². The molecule has 0 aliphatic heterocycles. The first kappa shape index (κ1) is 20.6. The number of carbonyl (C=O) groups is 2. The van der Waals surface area contributed by atoms with Crippen LogP contribution >= 0.6 is 0 Å². The van der Waals surface area contributed by atoms with Crippen LogP contribution in [0.15, 0.2) is 53.4 Å². The Kier molecular flexibility index (Phi) is 6.35. The van der Waals surface area contributed by atoms with Gasteiger partial charge in [0.25, 0.3) is 0 Å². The molecule has 0 aromatic heterocycles. The lowest BCUT2D eigenvalue weighted by Crippen LogP contribution is -2.33. The summed E-state index contributed by atoms with van der Waals surface area (Å²) >= 11 is 0. The zero-order valence-electron chi connectivity index (χ0n) is 15.5. The lowest BCUT2D eigenvalue weighted by Gasteiger charge is -2.21. The highest BCUT2D eigenvalue weighted by Gasteiger charge is 2.24. The van der Waals surface area contributed by atoms with Crippen LogP contribution in [0, 0.1) is 0 Å². The minimum Gasteiger partial charge on any atom is -0.465 e. The molecule has 2 aromatic carbocycles. The Morgan fingerprint density at radius 2 is 1.59 bits per heavy atom. The second kappa shape index (κ2) is 8.32. The van der Waals surface area contributed by atoms with Crippen LogP contribution < -0.4 is 4.74 Å². The predicted molar refractivity (Wildman–Crippen MR) is 99.3 cm³/mol. The van der Waals surface area contributed by atoms with Gasteiger partial charge >= 0.3 is 11.9 Å². The van der Waals surface area contributed by atoms with Crippen molar-refractivity contribution in [1.82, 2.24) is 4.31 Å². The lowest BCUT2D eigenvalue weighted by molar-refractivity contribution is 0.0600. The molecule has 7 nitrogen and oxygen atoms in total. The van der Waals surface area contributed by atoms with E-state index < -0.39 is 22.0 Å². The third-order valence-corrected chi connectivity index (χ3v) is 5.99. The molecule has 0 saturated heterocycles. The highest BCUT2D eigenvalue weighted by atomic mass is 32.2. The number of ether oxygens (including phenoxy) is 2. The van der Waals surface area contributed by atoms with Gasteiger partial charge in [-0.3, -0.25) is 0 Å². The van der Waals surface area contributed by atoms with E-state index in [1.165, 1.54) is 67.0 Å². The van der Waals surface area contributed by atoms with Crippen LogP contribution in [-0.2, 0) is 14.8 Å². The first-order valence-electron chi connectivity index (χ1n) is 8.15. The summed E-state index contributed by atoms with van der Waals surface area (Å²) in [5.74, 6) is -0.981. The Morgan fingerprint density at radius 1 is 0.963 bits per heavy atom. The van der Waals surface area contributed by atoms with Gasteiger partial charge in [0.05, 0.1) is 23.1 Å². The summed E-state index contributed by atoms with van der Waals surface area (Å²) in [4.78, 5) is 23.8. The molecule has 0 bridgehead atoms. The van der Waals surface area contributed by atoms with Crippen LogP contribution in [0.1, 0.15) is 34.6 Å². The molecular weight excluding hydrogens is 370 g/mol. The molecule has 0 aliphatic carbocycles. The number of sulfonamides is 1. The van der Waals surface area contributed by atoms with E-state index in [0.29, 0.717) is 5.56 Å². The molecule has 27 heavy (non-hydrogen) atoms. The summed E-state index contributed by atoms with van der Waals surface area (Å²) < 4.78 is 36.2. The molecule has 0 N–H and O–H groups in total. The van der Waals surface area contributed by atoms with E-state index in [1.54, 1.807) is 13.8 Å². The van der Waals surface area contributed by atoms with Crippen molar-refractivity contribution in [2.75, 3.05) is 14.2 Å². The fourth-order valence-corrected chi connectivity index (χ4v) is 3.58. The van der Waals surface area contributed by atoms with Gasteiger partial charge < -0.3 is 9.47 Å². The molecular formula is C19H21NO6S. The number of esters is 2. The predicted octanol–water partition coefficient (Wildman–Crippen LogP) is 2.72. The van der Waals surface area contributed by atoms with Gasteiger partial charge in [0.1, 0.15) is 5.75 Å². The maximum atomic E-state index is 12.6. The minimum atomic E-state index is -3.71. The minimum absolute atomic E-state index is 0.00851. The molecule has 0 fully saturated rings. The monoisotopic (exact) mass is 391 g/mol. The van der Waals surface area contributed by atoms with Crippen molar-refractivity contribution < 1.29 is 27.5 Å². The fraction of sp³-hybridized carbons (Fsp3) is 0.263. The number of methoxy groups -OCH3 is 1. The average molecular weight is 391 g/mol. The fourth-order valence-electron chi connectivity index (χ4n) is 2.17. The molecule has 2 aromatic rings. The first-order valence-corrected chi connectivity index (χ1v) is 9.59. The highest BCUT2D eigenvalue weighted by molar-refractivity contribution is 7.89. The molecule has 0 atom stereocenters.